The number of carboxylic acid groups (broad SMARTS) is 1. The second-order valence-corrected chi connectivity index (χ2v) is 7.23. The lowest BCUT2D eigenvalue weighted by Crippen LogP contribution is -2.47. The first kappa shape index (κ1) is 15.5. The lowest BCUT2D eigenvalue weighted by molar-refractivity contribution is -0.131. The van der Waals surface area contributed by atoms with Crippen molar-refractivity contribution in [3.63, 3.8) is 0 Å². The fraction of sp³-hybridized carbons (Fsp3) is 0.357. The van der Waals surface area contributed by atoms with E-state index >= 15 is 0 Å². The van der Waals surface area contributed by atoms with Crippen LogP contribution >= 0.6 is 0 Å². The summed E-state index contributed by atoms with van der Waals surface area (Å²) in [6, 6.07) is 4.15. The largest absolute Gasteiger partial charge is 0.478 e. The van der Waals surface area contributed by atoms with Gasteiger partial charge in [-0.05, 0) is 25.1 Å². The van der Waals surface area contributed by atoms with Gasteiger partial charge in [0.1, 0.15) is 5.82 Å². The molecule has 0 radical (unpaired) electrons. The van der Waals surface area contributed by atoms with Gasteiger partial charge in [0.2, 0.25) is 0 Å². The van der Waals surface area contributed by atoms with Crippen LogP contribution in [0.2, 0.25) is 0 Å². The van der Waals surface area contributed by atoms with E-state index in [-0.39, 0.29) is 29.7 Å². The van der Waals surface area contributed by atoms with Gasteiger partial charge in [0.25, 0.3) is 0 Å². The molecule has 1 saturated heterocycles. The minimum absolute atomic E-state index is 0.00555. The van der Waals surface area contributed by atoms with Crippen LogP contribution in [0.1, 0.15) is 12.5 Å². The van der Waals surface area contributed by atoms with Gasteiger partial charge in [-0.15, -0.1) is 0 Å². The van der Waals surface area contributed by atoms with E-state index in [9.17, 15) is 17.6 Å². The van der Waals surface area contributed by atoms with Crippen LogP contribution in [-0.2, 0) is 14.6 Å². The van der Waals surface area contributed by atoms with E-state index in [0.29, 0.717) is 5.69 Å². The summed E-state index contributed by atoms with van der Waals surface area (Å²) in [6.07, 6.45) is 2.07. The normalized spacial score (nSPS) is 21.6. The Bertz CT molecular complexity index is 684. The molecule has 0 aromatic heterocycles. The lowest BCUT2D eigenvalue weighted by Gasteiger charge is -2.36. The molecule has 1 heterocycles. The van der Waals surface area contributed by atoms with E-state index in [2.05, 4.69) is 0 Å². The average molecular weight is 313 g/mol. The van der Waals surface area contributed by atoms with Crippen molar-refractivity contribution in [2.75, 3.05) is 23.0 Å². The molecule has 1 atom stereocenters. The number of sulfone groups is 1. The number of hydrogen-bond acceptors (Lipinski definition) is 4. The first-order valence-corrected chi connectivity index (χ1v) is 8.29. The fourth-order valence-electron chi connectivity index (χ4n) is 2.45. The van der Waals surface area contributed by atoms with Gasteiger partial charge in [0, 0.05) is 29.9 Å². The predicted molar refractivity (Wildman–Crippen MR) is 78.5 cm³/mol. The monoisotopic (exact) mass is 313 g/mol. The van der Waals surface area contributed by atoms with Crippen molar-refractivity contribution in [3.05, 3.63) is 35.7 Å². The maximum atomic E-state index is 13.9. The zero-order valence-corrected chi connectivity index (χ0v) is 12.3. The van der Waals surface area contributed by atoms with E-state index in [0.717, 1.165) is 6.08 Å². The minimum atomic E-state index is -3.07. The molecule has 0 bridgehead atoms. The van der Waals surface area contributed by atoms with Crippen molar-refractivity contribution in [1.29, 1.82) is 0 Å². The molecule has 1 aliphatic rings. The van der Waals surface area contributed by atoms with Crippen molar-refractivity contribution < 1.29 is 22.7 Å². The van der Waals surface area contributed by atoms with Gasteiger partial charge in [-0.25, -0.2) is 17.6 Å². The molecule has 1 aliphatic heterocycles. The summed E-state index contributed by atoms with van der Waals surface area (Å²) in [7, 11) is -3.07. The molecular weight excluding hydrogens is 297 g/mol. The highest BCUT2D eigenvalue weighted by atomic mass is 32.2. The number of halogens is 1. The smallest absolute Gasteiger partial charge is 0.328 e. The standard InChI is InChI=1S/C14H16FNO4S/c1-10-9-21(19,20)8-7-16(10)13-4-2-3-12(15)11(13)5-6-14(17)18/h2-6,10H,7-9H2,1H3,(H,17,18)/b6-5+. The van der Waals surface area contributed by atoms with Crippen LogP contribution in [0.3, 0.4) is 0 Å². The second kappa shape index (κ2) is 5.85. The topological polar surface area (TPSA) is 74.7 Å². The molecule has 1 unspecified atom stereocenters. The van der Waals surface area contributed by atoms with Crippen molar-refractivity contribution in [1.82, 2.24) is 0 Å². The summed E-state index contributed by atoms with van der Waals surface area (Å²) in [5, 5.41) is 8.69. The van der Waals surface area contributed by atoms with Gasteiger partial charge in [0.15, 0.2) is 9.84 Å². The van der Waals surface area contributed by atoms with Gasteiger partial charge in [-0.3, -0.25) is 0 Å². The number of carbonyl (C=O) groups is 1. The van der Waals surface area contributed by atoms with Crippen LogP contribution in [-0.4, -0.2) is 43.6 Å². The highest BCUT2D eigenvalue weighted by Crippen LogP contribution is 2.28. The Balaban J connectivity index is 2.40. The Morgan fingerprint density at radius 1 is 1.48 bits per heavy atom. The molecular formula is C14H16FNO4S. The molecule has 1 aromatic rings. The Morgan fingerprint density at radius 2 is 2.19 bits per heavy atom. The molecule has 1 N–H and O–H groups in total. The number of benzene rings is 1. The van der Waals surface area contributed by atoms with Gasteiger partial charge in [-0.1, -0.05) is 6.07 Å². The average Bonchev–Trinajstić information content (AvgIpc) is 2.36. The van der Waals surface area contributed by atoms with Crippen LogP contribution in [0.4, 0.5) is 10.1 Å². The second-order valence-electron chi connectivity index (χ2n) is 5.00. The van der Waals surface area contributed by atoms with Crippen LogP contribution in [0.5, 0.6) is 0 Å². The van der Waals surface area contributed by atoms with Gasteiger partial charge in [-0.2, -0.15) is 0 Å². The number of nitrogens with zero attached hydrogens (tertiary/aromatic N) is 1. The summed E-state index contributed by atoms with van der Waals surface area (Å²) in [5.41, 5.74) is 0.668. The molecule has 1 fully saturated rings. The molecule has 2 rings (SSSR count). The van der Waals surface area contributed by atoms with Crippen molar-refractivity contribution in [2.45, 2.75) is 13.0 Å². The third kappa shape index (κ3) is 3.60. The third-order valence-corrected chi connectivity index (χ3v) is 5.20. The van der Waals surface area contributed by atoms with Crippen molar-refractivity contribution in [3.8, 4) is 0 Å². The minimum Gasteiger partial charge on any atom is -0.478 e. The molecule has 114 valence electrons. The maximum Gasteiger partial charge on any atom is 0.328 e. The molecule has 1 aromatic carbocycles. The highest BCUT2D eigenvalue weighted by molar-refractivity contribution is 7.91. The van der Waals surface area contributed by atoms with Gasteiger partial charge >= 0.3 is 5.97 Å². The zero-order valence-electron chi connectivity index (χ0n) is 11.5. The number of aliphatic carboxylic acids is 1. The van der Waals surface area contributed by atoms with Crippen LogP contribution in [0.25, 0.3) is 6.08 Å². The number of rotatable bonds is 3. The molecule has 0 saturated carbocycles. The van der Waals surface area contributed by atoms with Crippen LogP contribution in [0, 0.1) is 5.82 Å². The lowest BCUT2D eigenvalue weighted by atomic mass is 10.1. The Hall–Kier alpha value is -1.89. The number of hydrogen-bond donors (Lipinski definition) is 1. The Morgan fingerprint density at radius 3 is 2.81 bits per heavy atom. The fourth-order valence-corrected chi connectivity index (χ4v) is 4.01. The van der Waals surface area contributed by atoms with E-state index in [1.165, 1.54) is 18.2 Å². The van der Waals surface area contributed by atoms with Gasteiger partial charge < -0.3 is 10.0 Å². The van der Waals surface area contributed by atoms with Gasteiger partial charge in [0.05, 0.1) is 11.5 Å². The first-order valence-electron chi connectivity index (χ1n) is 6.47. The molecule has 0 spiro atoms. The summed E-state index contributed by atoms with van der Waals surface area (Å²) >= 11 is 0. The summed E-state index contributed by atoms with van der Waals surface area (Å²) in [6.45, 7) is 2.02. The third-order valence-electron chi connectivity index (χ3n) is 3.40. The van der Waals surface area contributed by atoms with Crippen LogP contribution in [0.15, 0.2) is 24.3 Å². The van der Waals surface area contributed by atoms with E-state index < -0.39 is 21.6 Å². The Kier molecular flexibility index (Phi) is 4.32. The summed E-state index contributed by atoms with van der Waals surface area (Å²) < 4.78 is 37.2. The van der Waals surface area contributed by atoms with E-state index in [4.69, 9.17) is 5.11 Å². The molecule has 7 heteroatoms. The highest BCUT2D eigenvalue weighted by Gasteiger charge is 2.29. The SMILES string of the molecule is CC1CS(=O)(=O)CCN1c1cccc(F)c1/C=C/C(=O)O. The number of carboxylic acids is 1. The van der Waals surface area contributed by atoms with Crippen molar-refractivity contribution in [2.24, 2.45) is 0 Å². The summed E-state index contributed by atoms with van der Waals surface area (Å²) in [4.78, 5) is 12.4. The number of anilines is 1. The molecule has 5 nitrogen and oxygen atoms in total. The molecule has 21 heavy (non-hydrogen) atoms. The van der Waals surface area contributed by atoms with Crippen LogP contribution < -0.4 is 4.90 Å². The van der Waals surface area contributed by atoms with Crippen molar-refractivity contribution >= 4 is 27.6 Å². The zero-order chi connectivity index (χ0) is 15.6. The first-order chi connectivity index (χ1) is 9.80. The maximum absolute atomic E-state index is 13.9. The van der Waals surface area contributed by atoms with E-state index in [1.807, 2.05) is 0 Å². The Labute approximate surface area is 122 Å². The predicted octanol–water partition coefficient (Wildman–Crippen LogP) is 1.55. The quantitative estimate of drug-likeness (QED) is 0.857. The summed E-state index contributed by atoms with van der Waals surface area (Å²) in [5.74, 6) is -1.69. The molecule has 0 aliphatic carbocycles. The molecule has 0 amide bonds. The van der Waals surface area contributed by atoms with E-state index in [1.54, 1.807) is 17.9 Å².